The molecular formula is C9H13I. The van der Waals surface area contributed by atoms with Crippen molar-refractivity contribution >= 4 is 22.6 Å². The van der Waals surface area contributed by atoms with Gasteiger partial charge in [0.25, 0.3) is 0 Å². The zero-order chi connectivity index (χ0) is 7.98. The summed E-state index contributed by atoms with van der Waals surface area (Å²) in [4.78, 5) is 0. The second kappa shape index (κ2) is 5.71. The highest BCUT2D eigenvalue weighted by Gasteiger charge is 1.81. The van der Waals surface area contributed by atoms with Gasteiger partial charge < -0.3 is 0 Å². The molecule has 1 rings (SSSR count). The Balaban J connectivity index is 0.000000371. The lowest BCUT2D eigenvalue weighted by Gasteiger charge is -1.88. The zero-order valence-corrected chi connectivity index (χ0v) is 8.84. The maximum absolute atomic E-state index is 2.30. The van der Waals surface area contributed by atoms with Crippen LogP contribution in [0.1, 0.15) is 19.4 Å². The SMILES string of the molecule is CC.Cc1ccc(I)cc1. The zero-order valence-electron chi connectivity index (χ0n) is 6.69. The van der Waals surface area contributed by atoms with E-state index in [1.807, 2.05) is 13.8 Å². The number of benzene rings is 1. The van der Waals surface area contributed by atoms with Crippen LogP contribution in [-0.4, -0.2) is 0 Å². The normalized spacial score (nSPS) is 8.00. The van der Waals surface area contributed by atoms with Crippen LogP contribution in [0.5, 0.6) is 0 Å². The fraction of sp³-hybridized carbons (Fsp3) is 0.333. The Morgan fingerprint density at radius 1 is 1.00 bits per heavy atom. The molecule has 0 bridgehead atoms. The van der Waals surface area contributed by atoms with Crippen molar-refractivity contribution in [3.05, 3.63) is 33.4 Å². The van der Waals surface area contributed by atoms with Gasteiger partial charge in [0, 0.05) is 3.57 Å². The van der Waals surface area contributed by atoms with Gasteiger partial charge in [-0.15, -0.1) is 0 Å². The molecular weight excluding hydrogens is 235 g/mol. The van der Waals surface area contributed by atoms with Crippen LogP contribution in [0.15, 0.2) is 24.3 Å². The van der Waals surface area contributed by atoms with E-state index in [-0.39, 0.29) is 0 Å². The minimum atomic E-state index is 1.30. The molecule has 0 aromatic heterocycles. The van der Waals surface area contributed by atoms with E-state index >= 15 is 0 Å². The molecule has 0 spiro atoms. The fourth-order valence-corrected chi connectivity index (χ4v) is 0.893. The smallest absolute Gasteiger partial charge is 0.0130 e. The number of aryl methyl sites for hydroxylation is 1. The van der Waals surface area contributed by atoms with Crippen LogP contribution >= 0.6 is 22.6 Å². The molecule has 0 N–H and O–H groups in total. The van der Waals surface area contributed by atoms with Crippen molar-refractivity contribution in [2.24, 2.45) is 0 Å². The Hall–Kier alpha value is -0.0500. The van der Waals surface area contributed by atoms with Gasteiger partial charge in [0.15, 0.2) is 0 Å². The summed E-state index contributed by atoms with van der Waals surface area (Å²) in [5.74, 6) is 0. The van der Waals surface area contributed by atoms with Gasteiger partial charge in [0.2, 0.25) is 0 Å². The van der Waals surface area contributed by atoms with Gasteiger partial charge in [-0.25, -0.2) is 0 Å². The topological polar surface area (TPSA) is 0 Å². The summed E-state index contributed by atoms with van der Waals surface area (Å²) in [6.07, 6.45) is 0. The summed E-state index contributed by atoms with van der Waals surface area (Å²) >= 11 is 2.30. The molecule has 0 amide bonds. The highest BCUT2D eigenvalue weighted by molar-refractivity contribution is 14.1. The lowest BCUT2D eigenvalue weighted by molar-refractivity contribution is 1.46. The standard InChI is InChI=1S/C7H7I.C2H6/c1-6-2-4-7(8)5-3-6;1-2/h2-5H,1H3;1-2H3. The summed E-state index contributed by atoms with van der Waals surface area (Å²) in [7, 11) is 0. The fourth-order valence-electron chi connectivity index (χ4n) is 0.533. The van der Waals surface area contributed by atoms with Crippen molar-refractivity contribution in [3.63, 3.8) is 0 Å². The summed E-state index contributed by atoms with van der Waals surface area (Å²) in [5, 5.41) is 0. The van der Waals surface area contributed by atoms with E-state index in [2.05, 4.69) is 53.8 Å². The quantitative estimate of drug-likeness (QED) is 0.615. The van der Waals surface area contributed by atoms with Crippen molar-refractivity contribution in [2.75, 3.05) is 0 Å². The molecule has 0 aliphatic carbocycles. The molecule has 0 heterocycles. The van der Waals surface area contributed by atoms with E-state index < -0.39 is 0 Å². The van der Waals surface area contributed by atoms with Crippen LogP contribution in [-0.2, 0) is 0 Å². The van der Waals surface area contributed by atoms with Crippen LogP contribution in [0.2, 0.25) is 0 Å². The Labute approximate surface area is 76.8 Å². The van der Waals surface area contributed by atoms with Crippen LogP contribution in [0.25, 0.3) is 0 Å². The number of halogens is 1. The number of hydrogen-bond acceptors (Lipinski definition) is 0. The highest BCUT2D eigenvalue weighted by atomic mass is 127. The summed E-state index contributed by atoms with van der Waals surface area (Å²) in [6, 6.07) is 8.44. The summed E-state index contributed by atoms with van der Waals surface area (Å²) in [6.45, 7) is 6.09. The molecule has 0 atom stereocenters. The van der Waals surface area contributed by atoms with Crippen LogP contribution in [0.3, 0.4) is 0 Å². The Morgan fingerprint density at radius 2 is 1.40 bits per heavy atom. The van der Waals surface area contributed by atoms with Gasteiger partial charge in [0.05, 0.1) is 0 Å². The molecule has 0 saturated heterocycles. The number of rotatable bonds is 0. The Morgan fingerprint density at radius 3 is 1.70 bits per heavy atom. The third-order valence-corrected chi connectivity index (χ3v) is 1.73. The minimum absolute atomic E-state index is 1.30. The van der Waals surface area contributed by atoms with Gasteiger partial charge in [0.1, 0.15) is 0 Å². The maximum atomic E-state index is 2.30. The van der Waals surface area contributed by atoms with E-state index in [1.165, 1.54) is 9.13 Å². The first-order valence-electron chi connectivity index (χ1n) is 3.51. The third-order valence-electron chi connectivity index (χ3n) is 1.01. The molecule has 0 aliphatic heterocycles. The van der Waals surface area contributed by atoms with Gasteiger partial charge in [-0.3, -0.25) is 0 Å². The Bertz CT molecular complexity index is 144. The minimum Gasteiger partial charge on any atom is -0.0683 e. The van der Waals surface area contributed by atoms with Gasteiger partial charge in [-0.2, -0.15) is 0 Å². The average Bonchev–Trinajstić information content (AvgIpc) is 2.00. The molecule has 0 nitrogen and oxygen atoms in total. The van der Waals surface area contributed by atoms with Gasteiger partial charge in [-0.05, 0) is 41.6 Å². The second-order valence-corrected chi connectivity index (χ2v) is 3.04. The van der Waals surface area contributed by atoms with Crippen molar-refractivity contribution in [3.8, 4) is 0 Å². The molecule has 0 radical (unpaired) electrons. The van der Waals surface area contributed by atoms with E-state index in [0.29, 0.717) is 0 Å². The van der Waals surface area contributed by atoms with E-state index in [0.717, 1.165) is 0 Å². The second-order valence-electron chi connectivity index (χ2n) is 1.80. The monoisotopic (exact) mass is 248 g/mol. The lowest BCUT2D eigenvalue weighted by atomic mass is 10.2. The summed E-state index contributed by atoms with van der Waals surface area (Å²) in [5.41, 5.74) is 1.32. The predicted octanol–water partition coefficient (Wildman–Crippen LogP) is 3.63. The first-order valence-corrected chi connectivity index (χ1v) is 4.59. The molecule has 10 heavy (non-hydrogen) atoms. The van der Waals surface area contributed by atoms with Crippen molar-refractivity contribution in [1.29, 1.82) is 0 Å². The maximum Gasteiger partial charge on any atom is 0.0130 e. The van der Waals surface area contributed by atoms with Gasteiger partial charge >= 0.3 is 0 Å². The highest BCUT2D eigenvalue weighted by Crippen LogP contribution is 2.04. The molecule has 0 unspecified atom stereocenters. The predicted molar refractivity (Wildman–Crippen MR) is 55.2 cm³/mol. The third kappa shape index (κ3) is 3.88. The largest absolute Gasteiger partial charge is 0.0683 e. The first kappa shape index (κ1) is 9.95. The number of hydrogen-bond donors (Lipinski definition) is 0. The van der Waals surface area contributed by atoms with Crippen LogP contribution < -0.4 is 0 Å². The molecule has 1 aromatic carbocycles. The molecule has 0 fully saturated rings. The lowest BCUT2D eigenvalue weighted by Crippen LogP contribution is -1.69. The van der Waals surface area contributed by atoms with Crippen LogP contribution in [0, 0.1) is 10.5 Å². The van der Waals surface area contributed by atoms with E-state index in [1.54, 1.807) is 0 Å². The van der Waals surface area contributed by atoms with Crippen LogP contribution in [0.4, 0.5) is 0 Å². The molecule has 0 saturated carbocycles. The molecule has 1 aromatic rings. The average molecular weight is 248 g/mol. The van der Waals surface area contributed by atoms with Gasteiger partial charge in [-0.1, -0.05) is 31.5 Å². The van der Waals surface area contributed by atoms with Crippen molar-refractivity contribution in [2.45, 2.75) is 20.8 Å². The molecule has 56 valence electrons. The summed E-state index contributed by atoms with van der Waals surface area (Å²) < 4.78 is 1.30. The molecule has 0 aliphatic rings. The molecule has 1 heteroatoms. The van der Waals surface area contributed by atoms with E-state index in [9.17, 15) is 0 Å². The van der Waals surface area contributed by atoms with Crippen molar-refractivity contribution < 1.29 is 0 Å². The van der Waals surface area contributed by atoms with E-state index in [4.69, 9.17) is 0 Å². The Kier molecular flexibility index (Phi) is 5.69. The first-order chi connectivity index (χ1) is 4.79. The van der Waals surface area contributed by atoms with Crippen molar-refractivity contribution in [1.82, 2.24) is 0 Å².